The number of rotatable bonds is 7. The van der Waals surface area contributed by atoms with Crippen LogP contribution in [0.25, 0.3) is 0 Å². The standard InChI is InChI=1S/C11H13ClF2N2O3/c12-9-2-1-8(5-10(9)16(18)19)6-15(3-4-17)7-11(13)14/h1-2,5,11,17H,3-4,6-7H2. The molecular formula is C11H13ClF2N2O3. The maximum absolute atomic E-state index is 12.3. The molecule has 0 amide bonds. The second-order valence-electron chi connectivity index (χ2n) is 3.89. The number of hydrogen-bond donors (Lipinski definition) is 1. The molecule has 0 fully saturated rings. The summed E-state index contributed by atoms with van der Waals surface area (Å²) < 4.78 is 24.7. The van der Waals surface area contributed by atoms with E-state index >= 15 is 0 Å². The summed E-state index contributed by atoms with van der Waals surface area (Å²) in [5, 5.41) is 19.5. The molecule has 0 saturated carbocycles. The summed E-state index contributed by atoms with van der Waals surface area (Å²) in [6, 6.07) is 4.14. The lowest BCUT2D eigenvalue weighted by Crippen LogP contribution is -2.31. The molecule has 1 aromatic rings. The molecule has 1 rings (SSSR count). The Morgan fingerprint density at radius 3 is 2.68 bits per heavy atom. The van der Waals surface area contributed by atoms with Crippen LogP contribution in [0.3, 0.4) is 0 Å². The fraction of sp³-hybridized carbons (Fsp3) is 0.455. The number of aliphatic hydroxyl groups is 1. The highest BCUT2D eigenvalue weighted by molar-refractivity contribution is 6.32. The number of nitro benzene ring substituents is 1. The second kappa shape index (κ2) is 7.32. The van der Waals surface area contributed by atoms with Gasteiger partial charge in [-0.15, -0.1) is 0 Å². The van der Waals surface area contributed by atoms with Gasteiger partial charge < -0.3 is 5.11 Å². The van der Waals surface area contributed by atoms with Crippen LogP contribution in [0.15, 0.2) is 18.2 Å². The van der Waals surface area contributed by atoms with Crippen LogP contribution >= 0.6 is 11.6 Å². The first-order chi connectivity index (χ1) is 8.93. The zero-order valence-electron chi connectivity index (χ0n) is 9.93. The van der Waals surface area contributed by atoms with Gasteiger partial charge in [0.15, 0.2) is 0 Å². The van der Waals surface area contributed by atoms with E-state index in [0.29, 0.717) is 5.56 Å². The van der Waals surface area contributed by atoms with Gasteiger partial charge in [0.1, 0.15) is 5.02 Å². The largest absolute Gasteiger partial charge is 0.395 e. The Morgan fingerprint density at radius 2 is 2.16 bits per heavy atom. The molecule has 1 aromatic carbocycles. The van der Waals surface area contributed by atoms with Crippen molar-refractivity contribution in [3.63, 3.8) is 0 Å². The molecule has 0 aliphatic carbocycles. The maximum Gasteiger partial charge on any atom is 0.288 e. The Morgan fingerprint density at radius 1 is 1.47 bits per heavy atom. The molecule has 0 aliphatic heterocycles. The summed E-state index contributed by atoms with van der Waals surface area (Å²) in [4.78, 5) is 11.4. The van der Waals surface area contributed by atoms with Crippen LogP contribution in [0.5, 0.6) is 0 Å². The molecule has 0 atom stereocenters. The van der Waals surface area contributed by atoms with Gasteiger partial charge in [-0.3, -0.25) is 15.0 Å². The third kappa shape index (κ3) is 5.06. The van der Waals surface area contributed by atoms with Crippen molar-refractivity contribution in [1.29, 1.82) is 0 Å². The molecule has 0 spiro atoms. The SMILES string of the molecule is O=[N+]([O-])c1cc(CN(CCO)CC(F)F)ccc1Cl. The average molecular weight is 295 g/mol. The summed E-state index contributed by atoms with van der Waals surface area (Å²) in [5.74, 6) is 0. The highest BCUT2D eigenvalue weighted by atomic mass is 35.5. The molecule has 0 bridgehead atoms. The van der Waals surface area contributed by atoms with Crippen LogP contribution in [0.2, 0.25) is 5.02 Å². The Hall–Kier alpha value is -1.31. The Kier molecular flexibility index (Phi) is 6.07. The number of alkyl halides is 2. The molecule has 5 nitrogen and oxygen atoms in total. The first-order valence-corrected chi connectivity index (χ1v) is 5.86. The van der Waals surface area contributed by atoms with Gasteiger partial charge in [0.05, 0.1) is 18.1 Å². The second-order valence-corrected chi connectivity index (χ2v) is 4.30. The predicted molar refractivity (Wildman–Crippen MR) is 66.5 cm³/mol. The van der Waals surface area contributed by atoms with Gasteiger partial charge in [-0.25, -0.2) is 8.78 Å². The van der Waals surface area contributed by atoms with Crippen molar-refractivity contribution >= 4 is 17.3 Å². The van der Waals surface area contributed by atoms with Crippen LogP contribution in [0, 0.1) is 10.1 Å². The summed E-state index contributed by atoms with van der Waals surface area (Å²) in [6.07, 6.45) is -2.53. The normalized spacial score (nSPS) is 11.3. The summed E-state index contributed by atoms with van der Waals surface area (Å²) in [6.45, 7) is -0.608. The van der Waals surface area contributed by atoms with Crippen molar-refractivity contribution in [3.05, 3.63) is 38.9 Å². The van der Waals surface area contributed by atoms with Crippen molar-refractivity contribution in [2.24, 2.45) is 0 Å². The van der Waals surface area contributed by atoms with Gasteiger partial charge in [-0.1, -0.05) is 17.7 Å². The Bertz CT molecular complexity index is 446. The molecule has 0 heterocycles. The molecule has 0 aromatic heterocycles. The fourth-order valence-electron chi connectivity index (χ4n) is 1.63. The summed E-state index contributed by atoms with van der Waals surface area (Å²) in [5.41, 5.74) is 0.227. The van der Waals surface area contributed by atoms with Crippen LogP contribution in [0.4, 0.5) is 14.5 Å². The van der Waals surface area contributed by atoms with E-state index in [1.165, 1.54) is 23.1 Å². The van der Waals surface area contributed by atoms with E-state index in [9.17, 15) is 18.9 Å². The summed E-state index contributed by atoms with van der Waals surface area (Å²) in [7, 11) is 0. The van der Waals surface area contributed by atoms with Crippen molar-refractivity contribution in [2.75, 3.05) is 19.7 Å². The van der Waals surface area contributed by atoms with Gasteiger partial charge in [0.25, 0.3) is 12.1 Å². The fourth-order valence-corrected chi connectivity index (χ4v) is 1.81. The van der Waals surface area contributed by atoms with E-state index in [0.717, 1.165) is 0 Å². The molecule has 19 heavy (non-hydrogen) atoms. The molecule has 0 unspecified atom stereocenters. The molecule has 0 radical (unpaired) electrons. The third-order valence-electron chi connectivity index (χ3n) is 2.43. The lowest BCUT2D eigenvalue weighted by Gasteiger charge is -2.20. The highest BCUT2D eigenvalue weighted by Crippen LogP contribution is 2.25. The molecular weight excluding hydrogens is 282 g/mol. The minimum atomic E-state index is -2.53. The lowest BCUT2D eigenvalue weighted by molar-refractivity contribution is -0.384. The van der Waals surface area contributed by atoms with Crippen molar-refractivity contribution in [3.8, 4) is 0 Å². The number of aliphatic hydroxyl groups excluding tert-OH is 1. The van der Waals surface area contributed by atoms with E-state index in [2.05, 4.69) is 0 Å². The lowest BCUT2D eigenvalue weighted by atomic mass is 10.2. The van der Waals surface area contributed by atoms with Gasteiger partial charge in [-0.2, -0.15) is 0 Å². The van der Waals surface area contributed by atoms with Crippen molar-refractivity contribution in [1.82, 2.24) is 4.90 Å². The monoisotopic (exact) mass is 294 g/mol. The Labute approximate surface area is 113 Å². The minimum Gasteiger partial charge on any atom is -0.395 e. The third-order valence-corrected chi connectivity index (χ3v) is 2.75. The molecule has 106 valence electrons. The van der Waals surface area contributed by atoms with Gasteiger partial charge in [0, 0.05) is 19.2 Å². The van der Waals surface area contributed by atoms with Gasteiger partial charge >= 0.3 is 0 Å². The molecule has 0 saturated heterocycles. The first kappa shape index (κ1) is 15.7. The van der Waals surface area contributed by atoms with E-state index in [1.54, 1.807) is 0 Å². The zero-order chi connectivity index (χ0) is 14.4. The van der Waals surface area contributed by atoms with E-state index in [4.69, 9.17) is 16.7 Å². The molecule has 8 heteroatoms. The maximum atomic E-state index is 12.3. The van der Waals surface area contributed by atoms with Crippen LogP contribution in [0.1, 0.15) is 5.56 Å². The minimum absolute atomic E-state index is 0.00341. The number of nitrogens with zero attached hydrogens (tertiary/aromatic N) is 2. The topological polar surface area (TPSA) is 66.6 Å². The van der Waals surface area contributed by atoms with Crippen LogP contribution < -0.4 is 0 Å². The highest BCUT2D eigenvalue weighted by Gasteiger charge is 2.16. The molecule has 1 N–H and O–H groups in total. The molecule has 0 aliphatic rings. The van der Waals surface area contributed by atoms with E-state index in [-0.39, 0.29) is 30.4 Å². The van der Waals surface area contributed by atoms with Crippen molar-refractivity contribution < 1.29 is 18.8 Å². The Balaban J connectivity index is 2.84. The van der Waals surface area contributed by atoms with Gasteiger partial charge in [-0.05, 0) is 11.6 Å². The predicted octanol–water partition coefficient (Wildman–Crippen LogP) is 2.31. The number of halogens is 3. The van der Waals surface area contributed by atoms with Crippen molar-refractivity contribution in [2.45, 2.75) is 13.0 Å². The van der Waals surface area contributed by atoms with E-state index < -0.39 is 17.9 Å². The van der Waals surface area contributed by atoms with Crippen LogP contribution in [-0.4, -0.2) is 41.1 Å². The number of hydrogen-bond acceptors (Lipinski definition) is 4. The average Bonchev–Trinajstić information content (AvgIpc) is 2.30. The number of benzene rings is 1. The van der Waals surface area contributed by atoms with Gasteiger partial charge in [0.2, 0.25) is 0 Å². The summed E-state index contributed by atoms with van der Waals surface area (Å²) >= 11 is 5.66. The quantitative estimate of drug-likeness (QED) is 0.619. The zero-order valence-corrected chi connectivity index (χ0v) is 10.7. The number of nitro groups is 1. The smallest absolute Gasteiger partial charge is 0.288 e. The van der Waals surface area contributed by atoms with Crippen LogP contribution in [-0.2, 0) is 6.54 Å². The van der Waals surface area contributed by atoms with E-state index in [1.807, 2.05) is 0 Å². The first-order valence-electron chi connectivity index (χ1n) is 5.48.